The summed E-state index contributed by atoms with van der Waals surface area (Å²) < 4.78 is 0. The molecule has 0 aliphatic carbocycles. The lowest BCUT2D eigenvalue weighted by molar-refractivity contribution is -0.143. The van der Waals surface area contributed by atoms with Gasteiger partial charge in [0, 0.05) is 54.3 Å². The van der Waals surface area contributed by atoms with Crippen molar-refractivity contribution in [1.82, 2.24) is 19.9 Å². The van der Waals surface area contributed by atoms with Crippen molar-refractivity contribution < 1.29 is 19.8 Å². The van der Waals surface area contributed by atoms with Crippen LogP contribution in [0.3, 0.4) is 0 Å². The summed E-state index contributed by atoms with van der Waals surface area (Å²) in [4.78, 5) is 37.2. The molecule has 0 saturated carbocycles. The topological polar surface area (TPSA) is 119 Å². The highest BCUT2D eigenvalue weighted by atomic mass is 32.1. The molecular formula is C22H18N4O4S. The van der Waals surface area contributed by atoms with E-state index in [9.17, 15) is 19.8 Å². The average Bonchev–Trinajstić information content (AvgIpc) is 3.48. The fourth-order valence-electron chi connectivity index (χ4n) is 3.88. The molecule has 0 unspecified atom stereocenters. The van der Waals surface area contributed by atoms with Crippen LogP contribution >= 0.6 is 11.3 Å². The SMILES string of the molecule is CN1CC[C@@](O)(c2cccc(-c3csc(-c4c[nH]c5ncc(C(=O)O)cc45)n3)c2)C1=O. The third-order valence-corrected chi connectivity index (χ3v) is 6.53. The van der Waals surface area contributed by atoms with Gasteiger partial charge < -0.3 is 20.1 Å². The van der Waals surface area contributed by atoms with Gasteiger partial charge in [0.1, 0.15) is 10.7 Å². The van der Waals surface area contributed by atoms with Crippen LogP contribution in [-0.2, 0) is 10.4 Å². The maximum absolute atomic E-state index is 12.4. The maximum Gasteiger partial charge on any atom is 0.337 e. The largest absolute Gasteiger partial charge is 0.478 e. The molecule has 3 N–H and O–H groups in total. The van der Waals surface area contributed by atoms with E-state index in [2.05, 4.69) is 9.97 Å². The number of aromatic nitrogens is 3. The molecule has 3 aromatic heterocycles. The van der Waals surface area contributed by atoms with Crippen molar-refractivity contribution in [3.63, 3.8) is 0 Å². The number of hydrogen-bond acceptors (Lipinski definition) is 6. The number of likely N-dealkylation sites (N-methyl/N-ethyl adjacent to an activating group) is 1. The van der Waals surface area contributed by atoms with Crippen LogP contribution in [-0.4, -0.2) is 55.5 Å². The number of nitrogens with one attached hydrogen (secondary N) is 1. The number of nitrogens with zero attached hydrogens (tertiary/aromatic N) is 3. The lowest BCUT2D eigenvalue weighted by Crippen LogP contribution is -2.36. The molecule has 0 spiro atoms. The van der Waals surface area contributed by atoms with Crippen LogP contribution in [0.5, 0.6) is 0 Å². The second-order valence-electron chi connectivity index (χ2n) is 7.58. The number of benzene rings is 1. The monoisotopic (exact) mass is 434 g/mol. The molecule has 1 fully saturated rings. The smallest absolute Gasteiger partial charge is 0.337 e. The fraction of sp³-hybridized carbons (Fsp3) is 0.182. The summed E-state index contributed by atoms with van der Waals surface area (Å²) >= 11 is 1.43. The Kier molecular flexibility index (Phi) is 4.38. The Morgan fingerprint density at radius 2 is 2.16 bits per heavy atom. The molecule has 8 nitrogen and oxygen atoms in total. The predicted octanol–water partition coefficient (Wildman–Crippen LogP) is 3.10. The van der Waals surface area contributed by atoms with E-state index >= 15 is 0 Å². The van der Waals surface area contributed by atoms with Crippen molar-refractivity contribution in [1.29, 1.82) is 0 Å². The zero-order valence-corrected chi connectivity index (χ0v) is 17.3. The number of H-pyrrole nitrogens is 1. The number of amides is 1. The number of aromatic amines is 1. The van der Waals surface area contributed by atoms with E-state index in [0.29, 0.717) is 40.3 Å². The van der Waals surface area contributed by atoms with Gasteiger partial charge in [0.25, 0.3) is 5.91 Å². The predicted molar refractivity (Wildman–Crippen MR) is 116 cm³/mol. The number of fused-ring (bicyclic) bond motifs is 1. The van der Waals surface area contributed by atoms with Crippen LogP contribution in [0.4, 0.5) is 0 Å². The molecule has 9 heteroatoms. The second-order valence-corrected chi connectivity index (χ2v) is 8.44. The highest BCUT2D eigenvalue weighted by Gasteiger charge is 2.45. The number of carbonyl (C=O) groups is 2. The minimum atomic E-state index is -1.51. The Hall–Kier alpha value is -3.56. The highest BCUT2D eigenvalue weighted by Crippen LogP contribution is 2.37. The molecule has 1 aliphatic heterocycles. The Morgan fingerprint density at radius 3 is 2.90 bits per heavy atom. The van der Waals surface area contributed by atoms with Crippen LogP contribution < -0.4 is 0 Å². The third-order valence-electron chi connectivity index (χ3n) is 5.66. The number of carboxylic acids is 1. The van der Waals surface area contributed by atoms with Gasteiger partial charge in [-0.15, -0.1) is 11.3 Å². The average molecular weight is 434 g/mol. The highest BCUT2D eigenvalue weighted by molar-refractivity contribution is 7.13. The Balaban J connectivity index is 1.52. The Bertz CT molecular complexity index is 1340. The van der Waals surface area contributed by atoms with Gasteiger partial charge in [-0.2, -0.15) is 0 Å². The number of aromatic carboxylic acids is 1. The number of thiazole rings is 1. The summed E-state index contributed by atoms with van der Waals surface area (Å²) in [7, 11) is 1.68. The molecule has 4 heterocycles. The van der Waals surface area contributed by atoms with Crippen molar-refractivity contribution in [3.05, 3.63) is 59.2 Å². The van der Waals surface area contributed by atoms with Gasteiger partial charge >= 0.3 is 5.97 Å². The van der Waals surface area contributed by atoms with E-state index in [-0.39, 0.29) is 11.5 Å². The van der Waals surface area contributed by atoms with Gasteiger partial charge in [0.05, 0.1) is 11.3 Å². The van der Waals surface area contributed by atoms with Gasteiger partial charge in [-0.05, 0) is 17.7 Å². The molecule has 4 aromatic rings. The van der Waals surface area contributed by atoms with E-state index in [0.717, 1.165) is 11.1 Å². The van der Waals surface area contributed by atoms with Gasteiger partial charge in [0.2, 0.25) is 0 Å². The van der Waals surface area contributed by atoms with E-state index < -0.39 is 11.6 Å². The van der Waals surface area contributed by atoms with Crippen LogP contribution in [0.1, 0.15) is 22.3 Å². The van der Waals surface area contributed by atoms with Gasteiger partial charge in [0.15, 0.2) is 5.60 Å². The van der Waals surface area contributed by atoms with E-state index in [1.54, 1.807) is 31.4 Å². The molecule has 5 rings (SSSR count). The van der Waals surface area contributed by atoms with Crippen LogP contribution in [0.25, 0.3) is 32.9 Å². The van der Waals surface area contributed by atoms with Crippen molar-refractivity contribution in [2.24, 2.45) is 0 Å². The first-order valence-corrected chi connectivity index (χ1v) is 10.5. The number of carbonyl (C=O) groups excluding carboxylic acids is 1. The molecule has 156 valence electrons. The Labute approximate surface area is 180 Å². The molecule has 1 saturated heterocycles. The Morgan fingerprint density at radius 1 is 1.32 bits per heavy atom. The molecule has 1 amide bonds. The molecule has 1 atom stereocenters. The lowest BCUT2D eigenvalue weighted by atomic mass is 9.90. The zero-order valence-electron chi connectivity index (χ0n) is 16.5. The molecule has 31 heavy (non-hydrogen) atoms. The van der Waals surface area contributed by atoms with Crippen molar-refractivity contribution in [2.45, 2.75) is 12.0 Å². The summed E-state index contributed by atoms with van der Waals surface area (Å²) in [6.45, 7) is 0.507. The summed E-state index contributed by atoms with van der Waals surface area (Å²) in [6.07, 6.45) is 3.43. The first-order chi connectivity index (χ1) is 14.9. The molecule has 0 radical (unpaired) electrons. The normalized spacial score (nSPS) is 18.8. The molecule has 1 aliphatic rings. The van der Waals surface area contributed by atoms with Gasteiger partial charge in [-0.1, -0.05) is 18.2 Å². The summed E-state index contributed by atoms with van der Waals surface area (Å²) in [5.74, 6) is -1.34. The lowest BCUT2D eigenvalue weighted by Gasteiger charge is -2.21. The summed E-state index contributed by atoms with van der Waals surface area (Å²) in [5.41, 5.74) is 2.00. The number of aliphatic hydroxyl groups is 1. The van der Waals surface area contributed by atoms with Crippen molar-refractivity contribution in [2.75, 3.05) is 13.6 Å². The third kappa shape index (κ3) is 3.09. The fourth-order valence-corrected chi connectivity index (χ4v) is 4.74. The number of likely N-dealkylation sites (tertiary alicyclic amines) is 1. The van der Waals surface area contributed by atoms with E-state index in [4.69, 9.17) is 4.98 Å². The minimum absolute atomic E-state index is 0.109. The quantitative estimate of drug-likeness (QED) is 0.454. The van der Waals surface area contributed by atoms with Gasteiger partial charge in [-0.3, -0.25) is 4.79 Å². The molecule has 1 aromatic carbocycles. The number of hydrogen-bond donors (Lipinski definition) is 3. The van der Waals surface area contributed by atoms with Crippen molar-refractivity contribution in [3.8, 4) is 21.8 Å². The number of carboxylic acid groups (broad SMARTS) is 1. The number of pyridine rings is 1. The minimum Gasteiger partial charge on any atom is -0.478 e. The standard InChI is InChI=1S/C22H18N4O4S/c1-26-6-5-22(30,21(26)29)14-4-2-3-12(7-14)17-11-31-19(25-17)16-10-24-18-15(16)8-13(9-23-18)20(27)28/h2-4,7-11,30H,5-6H2,1H3,(H,23,24)(H,27,28)/t22-/m1/s1. The second kappa shape index (κ2) is 7.00. The van der Waals surface area contributed by atoms with Crippen LogP contribution in [0.15, 0.2) is 48.1 Å². The first kappa shape index (κ1) is 19.4. The molecular weight excluding hydrogens is 416 g/mol. The summed E-state index contributed by atoms with van der Waals surface area (Å²) in [5, 5.41) is 23.5. The van der Waals surface area contributed by atoms with Crippen molar-refractivity contribution >= 4 is 34.2 Å². The molecule has 0 bridgehead atoms. The summed E-state index contributed by atoms with van der Waals surface area (Å²) in [6, 6.07) is 8.83. The maximum atomic E-state index is 12.4. The van der Waals surface area contributed by atoms with E-state index in [1.807, 2.05) is 17.5 Å². The van der Waals surface area contributed by atoms with Crippen LogP contribution in [0.2, 0.25) is 0 Å². The van der Waals surface area contributed by atoms with Gasteiger partial charge in [-0.25, -0.2) is 14.8 Å². The number of rotatable bonds is 4. The zero-order chi connectivity index (χ0) is 21.8. The van der Waals surface area contributed by atoms with E-state index in [1.165, 1.54) is 22.4 Å². The van der Waals surface area contributed by atoms with Crippen LogP contribution in [0, 0.1) is 0 Å². The first-order valence-electron chi connectivity index (χ1n) is 9.62.